The normalized spacial score (nSPS) is 31.6. The molecule has 0 aliphatic carbocycles. The highest BCUT2D eigenvalue weighted by molar-refractivity contribution is 7.87. The second kappa shape index (κ2) is 7.10. The summed E-state index contributed by atoms with van der Waals surface area (Å²) < 4.78 is 24.1. The molecule has 12 heteroatoms. The molecular weight excluding hydrogens is 392 g/mol. The number of carboxylic acid groups (broad SMARTS) is 1. The van der Waals surface area contributed by atoms with Gasteiger partial charge in [0, 0.05) is 12.5 Å². The number of aliphatic hydroxyl groups is 1. The number of amides is 2. The molecule has 2 amide bonds. The smallest absolute Gasteiger partial charge is 0.352 e. The number of rotatable bonds is 6. The van der Waals surface area contributed by atoms with E-state index in [0.29, 0.717) is 25.0 Å². The summed E-state index contributed by atoms with van der Waals surface area (Å²) in [6, 6.07) is -1.20. The number of carbonyl (C=O) groups is 3. The minimum absolute atomic E-state index is 0.109. The van der Waals surface area contributed by atoms with Crippen LogP contribution in [0.2, 0.25) is 0 Å². The zero-order valence-corrected chi connectivity index (χ0v) is 16.3. The number of β-lactam (4-membered cyclic amide) rings is 1. The van der Waals surface area contributed by atoms with E-state index in [1.165, 1.54) is 11.8 Å². The molecule has 3 rings (SSSR count). The van der Waals surface area contributed by atoms with Crippen molar-refractivity contribution >= 4 is 28.0 Å². The van der Waals surface area contributed by atoms with Gasteiger partial charge >= 0.3 is 5.97 Å². The number of hydrogen-bond donors (Lipinski definition) is 4. The van der Waals surface area contributed by atoms with Crippen molar-refractivity contribution in [1.82, 2.24) is 14.5 Å². The van der Waals surface area contributed by atoms with Gasteiger partial charge in [0.1, 0.15) is 5.70 Å². The Morgan fingerprint density at radius 1 is 1.39 bits per heavy atom. The molecule has 3 heterocycles. The third kappa shape index (κ3) is 3.41. The van der Waals surface area contributed by atoms with Gasteiger partial charge in [0.05, 0.1) is 24.1 Å². The van der Waals surface area contributed by atoms with Crippen LogP contribution in [0.1, 0.15) is 26.7 Å². The molecule has 0 radical (unpaired) electrons. The summed E-state index contributed by atoms with van der Waals surface area (Å²) in [4.78, 5) is 39.4. The summed E-state index contributed by atoms with van der Waals surface area (Å²) in [5, 5.41) is 24.4. The molecule has 0 spiro atoms. The summed E-state index contributed by atoms with van der Waals surface area (Å²) in [5.41, 5.74) is 0.376. The largest absolute Gasteiger partial charge is 0.477 e. The second-order valence-electron chi connectivity index (χ2n) is 7.57. The highest BCUT2D eigenvalue weighted by atomic mass is 32.2. The van der Waals surface area contributed by atoms with Gasteiger partial charge < -0.3 is 15.1 Å². The number of nitrogens with zero attached hydrogens (tertiary/aromatic N) is 2. The van der Waals surface area contributed by atoms with E-state index in [1.54, 1.807) is 16.5 Å². The molecule has 2 fully saturated rings. The lowest BCUT2D eigenvalue weighted by molar-refractivity contribution is -0.163. The molecule has 0 aromatic rings. The van der Waals surface area contributed by atoms with Gasteiger partial charge in [-0.05, 0) is 31.9 Å². The molecule has 5 atom stereocenters. The van der Waals surface area contributed by atoms with E-state index in [2.05, 4.69) is 0 Å². The Balaban J connectivity index is 1.85. The zero-order chi connectivity index (χ0) is 21.0. The van der Waals surface area contributed by atoms with Crippen LogP contribution in [0.25, 0.3) is 0 Å². The highest BCUT2D eigenvalue weighted by Crippen LogP contribution is 2.47. The zero-order valence-electron chi connectivity index (χ0n) is 15.5. The van der Waals surface area contributed by atoms with Crippen LogP contribution in [0.15, 0.2) is 11.3 Å². The Kier molecular flexibility index (Phi) is 5.25. The van der Waals surface area contributed by atoms with Crippen LogP contribution in [-0.4, -0.2) is 77.5 Å². The fourth-order valence-corrected chi connectivity index (χ4v) is 5.01. The Morgan fingerprint density at radius 3 is 2.57 bits per heavy atom. The molecular formula is C16H24N4O7S. The topological polar surface area (TPSA) is 170 Å². The Hall–Kier alpha value is -2.02. The number of aliphatic carboxylic acids is 1. The van der Waals surface area contributed by atoms with Gasteiger partial charge in [-0.15, -0.1) is 0 Å². The van der Waals surface area contributed by atoms with Crippen LogP contribution in [0.3, 0.4) is 0 Å². The van der Waals surface area contributed by atoms with Crippen molar-refractivity contribution in [3.8, 4) is 0 Å². The quantitative estimate of drug-likeness (QED) is 0.359. The molecule has 2 saturated heterocycles. The Morgan fingerprint density at radius 2 is 2.04 bits per heavy atom. The van der Waals surface area contributed by atoms with Crippen molar-refractivity contribution in [2.75, 3.05) is 13.1 Å². The predicted octanol–water partition coefficient (Wildman–Crippen LogP) is -2.03. The number of hydrogen-bond acceptors (Lipinski definition) is 7. The van der Waals surface area contributed by atoms with Crippen molar-refractivity contribution in [2.24, 2.45) is 17.0 Å². The number of fused-ring (bicyclic) bond motifs is 1. The maximum atomic E-state index is 12.4. The van der Waals surface area contributed by atoms with E-state index in [4.69, 9.17) is 5.14 Å². The van der Waals surface area contributed by atoms with E-state index < -0.39 is 52.1 Å². The van der Waals surface area contributed by atoms with Gasteiger partial charge in [-0.1, -0.05) is 6.92 Å². The number of carboxylic acids is 1. The maximum Gasteiger partial charge on any atom is 0.352 e. The molecule has 3 aliphatic heterocycles. The van der Waals surface area contributed by atoms with Gasteiger partial charge in [0.2, 0.25) is 5.91 Å². The third-order valence-electron chi connectivity index (χ3n) is 5.80. The Labute approximate surface area is 162 Å². The average Bonchev–Trinajstić information content (AvgIpc) is 3.08. The van der Waals surface area contributed by atoms with Crippen LogP contribution >= 0.6 is 0 Å². The van der Waals surface area contributed by atoms with E-state index in [-0.39, 0.29) is 18.2 Å². The third-order valence-corrected chi connectivity index (χ3v) is 6.29. The minimum atomic E-state index is -4.19. The second-order valence-corrected chi connectivity index (χ2v) is 8.87. The van der Waals surface area contributed by atoms with Gasteiger partial charge in [-0.2, -0.15) is 8.42 Å². The lowest BCUT2D eigenvalue weighted by Crippen LogP contribution is -2.63. The van der Waals surface area contributed by atoms with Crippen LogP contribution in [0.5, 0.6) is 0 Å². The lowest BCUT2D eigenvalue weighted by Gasteiger charge is -2.46. The molecule has 11 nitrogen and oxygen atoms in total. The van der Waals surface area contributed by atoms with Crippen LogP contribution in [0.4, 0.5) is 0 Å². The van der Waals surface area contributed by atoms with Crippen molar-refractivity contribution in [2.45, 2.75) is 44.9 Å². The summed E-state index contributed by atoms with van der Waals surface area (Å²) in [5.74, 6) is -3.41. The lowest BCUT2D eigenvalue weighted by atomic mass is 9.77. The van der Waals surface area contributed by atoms with E-state index in [0.717, 1.165) is 0 Å². The molecule has 28 heavy (non-hydrogen) atoms. The van der Waals surface area contributed by atoms with Gasteiger partial charge in [-0.25, -0.2) is 14.7 Å². The average molecular weight is 416 g/mol. The van der Waals surface area contributed by atoms with Gasteiger partial charge in [0.15, 0.2) is 0 Å². The van der Waals surface area contributed by atoms with Gasteiger partial charge in [-0.3, -0.25) is 14.5 Å². The highest BCUT2D eigenvalue weighted by Gasteiger charge is 2.60. The first-order valence-electron chi connectivity index (χ1n) is 9.00. The summed E-state index contributed by atoms with van der Waals surface area (Å²) >= 11 is 0. The number of carbonyl (C=O) groups excluding carboxylic acids is 2. The summed E-state index contributed by atoms with van der Waals surface area (Å²) in [7, 11) is -4.19. The maximum absolute atomic E-state index is 12.4. The molecule has 156 valence electrons. The van der Waals surface area contributed by atoms with Crippen LogP contribution in [0, 0.1) is 11.8 Å². The minimum Gasteiger partial charge on any atom is -0.477 e. The van der Waals surface area contributed by atoms with Crippen molar-refractivity contribution in [1.29, 1.82) is 0 Å². The molecule has 0 unspecified atom stereocenters. The Bertz CT molecular complexity index is 853. The number of aliphatic hydroxyl groups excluding tert-OH is 1. The van der Waals surface area contributed by atoms with E-state index >= 15 is 0 Å². The monoisotopic (exact) mass is 416 g/mol. The molecule has 3 aliphatic rings. The fourth-order valence-electron chi connectivity index (χ4n) is 4.59. The summed E-state index contributed by atoms with van der Waals surface area (Å²) in [6.45, 7) is 3.88. The van der Waals surface area contributed by atoms with Crippen molar-refractivity contribution < 1.29 is 33.0 Å². The van der Waals surface area contributed by atoms with E-state index in [9.17, 15) is 33.0 Å². The predicted molar refractivity (Wildman–Crippen MR) is 95.5 cm³/mol. The SMILES string of the molecule is C[C@@H](O)[C@H]1C(=O)N2C(C(=O)O)=C(CN3CCC[C@H]3C(=O)NS(N)(=O)=O)[C@H](C)[C@H]12. The summed E-state index contributed by atoms with van der Waals surface area (Å²) in [6.07, 6.45) is 0.147. The van der Waals surface area contributed by atoms with Crippen LogP contribution < -0.4 is 9.86 Å². The number of nitrogens with one attached hydrogen (secondary N) is 1. The molecule has 0 aromatic carbocycles. The standard InChI is InChI=1S/C16H24N4O7S/c1-7-9(6-19-5-3-4-10(19)14(22)18-28(17,26)27)13(16(24)25)20-12(7)11(8(2)21)15(20)23/h7-8,10-12,21H,3-6H2,1-2H3,(H,18,22)(H,24,25)(H2,17,26,27)/t7-,8+,10-,11+,12+/m0/s1. The molecule has 0 bridgehead atoms. The van der Waals surface area contributed by atoms with Crippen molar-refractivity contribution in [3.63, 3.8) is 0 Å². The first-order chi connectivity index (χ1) is 12.9. The van der Waals surface area contributed by atoms with Gasteiger partial charge in [0.25, 0.3) is 16.1 Å². The first-order valence-corrected chi connectivity index (χ1v) is 10.5. The first kappa shape index (κ1) is 20.7. The number of nitrogens with two attached hydrogens (primary N) is 1. The number of likely N-dealkylation sites (tertiary alicyclic amines) is 1. The molecule has 5 N–H and O–H groups in total. The molecule has 0 aromatic heterocycles. The molecule has 0 saturated carbocycles. The fraction of sp³-hybridized carbons (Fsp3) is 0.688. The van der Waals surface area contributed by atoms with E-state index in [1.807, 2.05) is 0 Å². The van der Waals surface area contributed by atoms with Crippen LogP contribution in [-0.2, 0) is 24.6 Å². The van der Waals surface area contributed by atoms with Crippen molar-refractivity contribution in [3.05, 3.63) is 11.3 Å².